The first kappa shape index (κ1) is 17.7. The molecule has 1 saturated heterocycles. The summed E-state index contributed by atoms with van der Waals surface area (Å²) in [6, 6.07) is 9.53. The SMILES string of the molecule is C=C(I)C[C@H](C)/C=C/C(=O)N1C(=O)OC[C@H]1Cc1ccccc1. The summed E-state index contributed by atoms with van der Waals surface area (Å²) in [7, 11) is 0. The molecule has 0 N–H and O–H groups in total. The molecule has 1 aromatic rings. The van der Waals surface area contributed by atoms with Crippen molar-refractivity contribution in [3.63, 3.8) is 0 Å². The normalized spacial score (nSPS) is 19.0. The van der Waals surface area contributed by atoms with E-state index in [-0.39, 0.29) is 24.5 Å². The number of nitrogens with zero attached hydrogens (tertiary/aromatic N) is 1. The zero-order valence-corrected chi connectivity index (χ0v) is 15.2. The Morgan fingerprint density at radius 3 is 2.83 bits per heavy atom. The number of ether oxygens (including phenoxy) is 1. The van der Waals surface area contributed by atoms with Crippen LogP contribution >= 0.6 is 22.6 Å². The van der Waals surface area contributed by atoms with Crippen LogP contribution in [0.1, 0.15) is 18.9 Å². The van der Waals surface area contributed by atoms with E-state index in [1.54, 1.807) is 0 Å². The zero-order chi connectivity index (χ0) is 16.8. The fourth-order valence-electron chi connectivity index (χ4n) is 2.51. The number of halogens is 1. The van der Waals surface area contributed by atoms with Crippen molar-refractivity contribution >= 4 is 34.6 Å². The highest BCUT2D eigenvalue weighted by Crippen LogP contribution is 2.19. The average Bonchev–Trinajstić information content (AvgIpc) is 2.86. The van der Waals surface area contributed by atoms with Gasteiger partial charge in [-0.3, -0.25) is 4.79 Å². The number of imide groups is 1. The summed E-state index contributed by atoms with van der Waals surface area (Å²) < 4.78 is 6.10. The molecule has 122 valence electrons. The number of allylic oxidation sites excluding steroid dienone is 2. The molecular formula is C18H20INO3. The Morgan fingerprint density at radius 2 is 2.17 bits per heavy atom. The van der Waals surface area contributed by atoms with Gasteiger partial charge in [-0.15, -0.1) is 0 Å². The van der Waals surface area contributed by atoms with Crippen LogP contribution in [0.2, 0.25) is 0 Å². The van der Waals surface area contributed by atoms with Gasteiger partial charge in [0.2, 0.25) is 0 Å². The minimum atomic E-state index is -0.563. The maximum Gasteiger partial charge on any atom is 0.417 e. The first-order valence-electron chi connectivity index (χ1n) is 7.52. The maximum atomic E-state index is 12.4. The van der Waals surface area contributed by atoms with E-state index >= 15 is 0 Å². The molecule has 2 amide bonds. The van der Waals surface area contributed by atoms with Crippen LogP contribution in [0.25, 0.3) is 0 Å². The quantitative estimate of drug-likeness (QED) is 0.509. The topological polar surface area (TPSA) is 46.6 Å². The first-order valence-corrected chi connectivity index (χ1v) is 8.60. The maximum absolute atomic E-state index is 12.4. The summed E-state index contributed by atoms with van der Waals surface area (Å²) in [5.74, 6) is -0.117. The van der Waals surface area contributed by atoms with Gasteiger partial charge in [-0.2, -0.15) is 0 Å². The van der Waals surface area contributed by atoms with E-state index in [0.29, 0.717) is 6.42 Å². The smallest absolute Gasteiger partial charge is 0.417 e. The molecule has 1 aliphatic rings. The summed E-state index contributed by atoms with van der Waals surface area (Å²) in [6.45, 7) is 6.11. The molecule has 2 atom stereocenters. The summed E-state index contributed by atoms with van der Waals surface area (Å²) in [5, 5.41) is 0. The van der Waals surface area contributed by atoms with Gasteiger partial charge >= 0.3 is 6.09 Å². The van der Waals surface area contributed by atoms with Crippen LogP contribution in [0.3, 0.4) is 0 Å². The van der Waals surface area contributed by atoms with E-state index in [2.05, 4.69) is 29.2 Å². The van der Waals surface area contributed by atoms with Crippen molar-refractivity contribution < 1.29 is 14.3 Å². The third-order valence-corrected chi connectivity index (χ3v) is 4.06. The Labute approximate surface area is 150 Å². The molecule has 0 radical (unpaired) electrons. The molecule has 0 saturated carbocycles. The predicted octanol–water partition coefficient (Wildman–Crippen LogP) is 4.11. The van der Waals surface area contributed by atoms with Crippen LogP contribution in [0.5, 0.6) is 0 Å². The Kier molecular flexibility index (Phi) is 6.38. The number of carbonyl (C=O) groups excluding carboxylic acids is 2. The lowest BCUT2D eigenvalue weighted by Crippen LogP contribution is -2.39. The van der Waals surface area contributed by atoms with Crippen LogP contribution < -0.4 is 0 Å². The minimum Gasteiger partial charge on any atom is -0.447 e. The van der Waals surface area contributed by atoms with Crippen LogP contribution in [-0.2, 0) is 16.0 Å². The second kappa shape index (κ2) is 8.29. The van der Waals surface area contributed by atoms with Gasteiger partial charge in [0.25, 0.3) is 5.91 Å². The number of cyclic esters (lactones) is 1. The van der Waals surface area contributed by atoms with Crippen molar-refractivity contribution in [2.24, 2.45) is 5.92 Å². The molecule has 0 aliphatic carbocycles. The highest BCUT2D eigenvalue weighted by molar-refractivity contribution is 14.1. The second-order valence-corrected chi connectivity index (χ2v) is 7.21. The van der Waals surface area contributed by atoms with Gasteiger partial charge in [-0.05, 0) is 56.6 Å². The fraction of sp³-hybridized carbons (Fsp3) is 0.333. The molecule has 4 nitrogen and oxygen atoms in total. The largest absolute Gasteiger partial charge is 0.447 e. The molecule has 0 unspecified atom stereocenters. The summed E-state index contributed by atoms with van der Waals surface area (Å²) in [4.78, 5) is 25.5. The van der Waals surface area contributed by atoms with Crippen molar-refractivity contribution in [2.75, 3.05) is 6.61 Å². The van der Waals surface area contributed by atoms with E-state index < -0.39 is 6.09 Å². The van der Waals surface area contributed by atoms with Gasteiger partial charge in [-0.1, -0.05) is 49.9 Å². The van der Waals surface area contributed by atoms with E-state index in [9.17, 15) is 9.59 Å². The highest BCUT2D eigenvalue weighted by Gasteiger charge is 2.36. The number of benzene rings is 1. The van der Waals surface area contributed by atoms with Crippen molar-refractivity contribution in [2.45, 2.75) is 25.8 Å². The van der Waals surface area contributed by atoms with E-state index in [4.69, 9.17) is 4.74 Å². The van der Waals surface area contributed by atoms with Gasteiger partial charge in [0, 0.05) is 0 Å². The van der Waals surface area contributed by atoms with Crippen molar-refractivity contribution in [3.05, 3.63) is 58.2 Å². The van der Waals surface area contributed by atoms with Crippen LogP contribution in [0.15, 0.2) is 52.6 Å². The van der Waals surface area contributed by atoms with E-state index in [1.165, 1.54) is 11.0 Å². The van der Waals surface area contributed by atoms with Crippen LogP contribution in [-0.4, -0.2) is 29.5 Å². The van der Waals surface area contributed by atoms with Crippen LogP contribution in [0.4, 0.5) is 4.79 Å². The molecule has 0 bridgehead atoms. The number of rotatable bonds is 6. The molecular weight excluding hydrogens is 405 g/mol. The van der Waals surface area contributed by atoms with Gasteiger partial charge < -0.3 is 4.74 Å². The third kappa shape index (κ3) is 5.20. The molecule has 1 fully saturated rings. The van der Waals surface area contributed by atoms with Crippen molar-refractivity contribution in [3.8, 4) is 0 Å². The third-order valence-electron chi connectivity index (χ3n) is 3.62. The fourth-order valence-corrected chi connectivity index (χ4v) is 3.21. The van der Waals surface area contributed by atoms with E-state index in [1.807, 2.05) is 43.3 Å². The lowest BCUT2D eigenvalue weighted by atomic mass is 10.1. The highest BCUT2D eigenvalue weighted by atomic mass is 127. The van der Waals surface area contributed by atoms with Gasteiger partial charge in [0.15, 0.2) is 0 Å². The molecule has 2 rings (SSSR count). The molecule has 23 heavy (non-hydrogen) atoms. The molecule has 1 aromatic carbocycles. The monoisotopic (exact) mass is 425 g/mol. The second-order valence-electron chi connectivity index (χ2n) is 5.69. The Balaban J connectivity index is 2.02. The van der Waals surface area contributed by atoms with Gasteiger partial charge in [0.05, 0.1) is 6.04 Å². The minimum absolute atomic E-state index is 0.203. The predicted molar refractivity (Wildman–Crippen MR) is 98.2 cm³/mol. The van der Waals surface area contributed by atoms with Crippen molar-refractivity contribution in [1.82, 2.24) is 4.90 Å². The lowest BCUT2D eigenvalue weighted by Gasteiger charge is -2.18. The number of hydrogen-bond donors (Lipinski definition) is 0. The zero-order valence-electron chi connectivity index (χ0n) is 13.1. The average molecular weight is 425 g/mol. The Bertz CT molecular complexity index is 612. The standard InChI is InChI=1S/C18H20INO3/c1-13(10-14(2)19)8-9-17(21)20-16(12-23-18(20)22)11-15-6-4-3-5-7-15/h3-9,13,16H,2,10-12H2,1H3/b9-8+/t13-,16-/m1/s1. The molecule has 5 heteroatoms. The van der Waals surface area contributed by atoms with E-state index in [0.717, 1.165) is 15.6 Å². The number of hydrogen-bond acceptors (Lipinski definition) is 3. The summed E-state index contributed by atoms with van der Waals surface area (Å²) >= 11 is 2.17. The number of carbonyl (C=O) groups is 2. The molecule has 0 spiro atoms. The Hall–Kier alpha value is -1.63. The summed E-state index contributed by atoms with van der Waals surface area (Å²) in [5.41, 5.74) is 1.08. The molecule has 0 aromatic heterocycles. The first-order chi connectivity index (χ1) is 11.0. The van der Waals surface area contributed by atoms with Gasteiger partial charge in [0.1, 0.15) is 6.61 Å². The molecule has 1 aliphatic heterocycles. The van der Waals surface area contributed by atoms with Gasteiger partial charge in [-0.25, -0.2) is 9.69 Å². The molecule has 1 heterocycles. The lowest BCUT2D eigenvalue weighted by molar-refractivity contribution is -0.124. The van der Waals surface area contributed by atoms with Crippen molar-refractivity contribution in [1.29, 1.82) is 0 Å². The Morgan fingerprint density at radius 1 is 1.48 bits per heavy atom. The van der Waals surface area contributed by atoms with Crippen LogP contribution in [0, 0.1) is 5.92 Å². The number of amides is 2. The summed E-state index contributed by atoms with van der Waals surface area (Å²) in [6.07, 6.45) is 4.13.